The minimum Gasteiger partial charge on any atom is -0.328 e. The van der Waals surface area contributed by atoms with E-state index in [1.54, 1.807) is 6.07 Å². The van der Waals surface area contributed by atoms with Gasteiger partial charge in [0.15, 0.2) is 0 Å². The first kappa shape index (κ1) is 15.6. The molecule has 6 heteroatoms. The van der Waals surface area contributed by atoms with Crippen molar-refractivity contribution in [2.45, 2.75) is 26.3 Å². The molecule has 19 heavy (non-hydrogen) atoms. The summed E-state index contributed by atoms with van der Waals surface area (Å²) in [5, 5.41) is 4.86. The zero-order valence-electron chi connectivity index (χ0n) is 10.7. The monoisotopic (exact) mass is 330 g/mol. The number of amides is 2. The number of urea groups is 1. The first-order chi connectivity index (χ1) is 8.92. The number of nitrogens with one attached hydrogen (secondary N) is 2. The van der Waals surface area contributed by atoms with Crippen molar-refractivity contribution < 1.29 is 14.0 Å². The fourth-order valence-corrected chi connectivity index (χ4v) is 1.91. The molecule has 2 amide bonds. The number of aldehydes is 1. The van der Waals surface area contributed by atoms with E-state index in [0.717, 1.165) is 0 Å². The van der Waals surface area contributed by atoms with Gasteiger partial charge in [-0.3, -0.25) is 0 Å². The van der Waals surface area contributed by atoms with Crippen molar-refractivity contribution in [1.29, 1.82) is 0 Å². The molecule has 104 valence electrons. The van der Waals surface area contributed by atoms with Crippen LogP contribution in [0.5, 0.6) is 0 Å². The van der Waals surface area contributed by atoms with Gasteiger partial charge in [0.1, 0.15) is 12.1 Å². The van der Waals surface area contributed by atoms with Gasteiger partial charge in [0.2, 0.25) is 0 Å². The highest BCUT2D eigenvalue weighted by Crippen LogP contribution is 2.19. The third-order valence-electron chi connectivity index (χ3n) is 2.39. The van der Waals surface area contributed by atoms with E-state index in [2.05, 4.69) is 26.6 Å². The van der Waals surface area contributed by atoms with Crippen molar-refractivity contribution in [1.82, 2.24) is 5.32 Å². The number of carbonyl (C=O) groups is 2. The summed E-state index contributed by atoms with van der Waals surface area (Å²) in [4.78, 5) is 22.5. The molecule has 2 N–H and O–H groups in total. The Hall–Kier alpha value is -1.43. The first-order valence-electron chi connectivity index (χ1n) is 5.90. The molecule has 0 aromatic heterocycles. The van der Waals surface area contributed by atoms with E-state index in [1.807, 2.05) is 13.8 Å². The van der Waals surface area contributed by atoms with Crippen molar-refractivity contribution in [2.75, 3.05) is 5.32 Å². The van der Waals surface area contributed by atoms with E-state index in [4.69, 9.17) is 0 Å². The number of anilines is 1. The second kappa shape index (κ2) is 7.23. The van der Waals surface area contributed by atoms with E-state index in [0.29, 0.717) is 17.2 Å². The molecule has 0 aliphatic carbocycles. The van der Waals surface area contributed by atoms with E-state index in [9.17, 15) is 14.0 Å². The normalized spacial score (nSPS) is 12.1. The molecule has 0 heterocycles. The molecule has 1 rings (SSSR count). The Bertz CT molecular complexity index is 466. The Balaban J connectivity index is 2.61. The van der Waals surface area contributed by atoms with Crippen LogP contribution in [-0.2, 0) is 4.79 Å². The predicted molar refractivity (Wildman–Crippen MR) is 75.6 cm³/mol. The minimum atomic E-state index is -0.598. The zero-order valence-corrected chi connectivity index (χ0v) is 12.3. The van der Waals surface area contributed by atoms with Crippen LogP contribution in [0.2, 0.25) is 0 Å². The summed E-state index contributed by atoms with van der Waals surface area (Å²) in [6.07, 6.45) is 1.22. The highest BCUT2D eigenvalue weighted by molar-refractivity contribution is 9.10. The van der Waals surface area contributed by atoms with Crippen LogP contribution in [0.4, 0.5) is 14.9 Å². The minimum absolute atomic E-state index is 0.0647. The predicted octanol–water partition coefficient (Wildman–Crippen LogP) is 3.32. The number of benzene rings is 1. The van der Waals surface area contributed by atoms with Gasteiger partial charge in [-0.05, 0) is 30.5 Å². The molecule has 0 aliphatic rings. The molecule has 4 nitrogen and oxygen atoms in total. The molecule has 0 radical (unpaired) electrons. The molecule has 0 spiro atoms. The lowest BCUT2D eigenvalue weighted by atomic mass is 10.1. The number of rotatable bonds is 5. The molecular weight excluding hydrogens is 315 g/mol. The van der Waals surface area contributed by atoms with Gasteiger partial charge in [-0.1, -0.05) is 29.8 Å². The topological polar surface area (TPSA) is 58.2 Å². The number of hydrogen-bond acceptors (Lipinski definition) is 2. The van der Waals surface area contributed by atoms with Gasteiger partial charge in [0.25, 0.3) is 0 Å². The molecule has 0 aliphatic heterocycles. The SMILES string of the molecule is CC(C)C[C@@H](C=O)NC(=O)Nc1ccc(Br)cc1F. The molecule has 1 aromatic rings. The van der Waals surface area contributed by atoms with Crippen molar-refractivity contribution in [3.05, 3.63) is 28.5 Å². The van der Waals surface area contributed by atoms with Crippen molar-refractivity contribution in [2.24, 2.45) is 5.92 Å². The van der Waals surface area contributed by atoms with Crippen LogP contribution in [0, 0.1) is 11.7 Å². The maximum absolute atomic E-state index is 13.5. The van der Waals surface area contributed by atoms with Gasteiger partial charge in [0, 0.05) is 4.47 Å². The van der Waals surface area contributed by atoms with E-state index < -0.39 is 17.9 Å². The Kier molecular flexibility index (Phi) is 5.95. The Morgan fingerprint density at radius 2 is 2.16 bits per heavy atom. The third-order valence-corrected chi connectivity index (χ3v) is 2.88. The van der Waals surface area contributed by atoms with Crippen LogP contribution in [0.3, 0.4) is 0 Å². The molecular formula is C13H16BrFN2O2. The van der Waals surface area contributed by atoms with Gasteiger partial charge in [0.05, 0.1) is 11.7 Å². The lowest BCUT2D eigenvalue weighted by Gasteiger charge is -2.15. The van der Waals surface area contributed by atoms with Crippen LogP contribution in [-0.4, -0.2) is 18.4 Å². The summed E-state index contributed by atoms with van der Waals surface area (Å²) in [5.41, 5.74) is 0.0647. The Labute approximate surface area is 119 Å². The van der Waals surface area contributed by atoms with Gasteiger partial charge >= 0.3 is 6.03 Å². The van der Waals surface area contributed by atoms with Crippen LogP contribution in [0.1, 0.15) is 20.3 Å². The van der Waals surface area contributed by atoms with E-state index in [1.165, 1.54) is 12.1 Å². The van der Waals surface area contributed by atoms with Crippen molar-refractivity contribution in [3.8, 4) is 0 Å². The van der Waals surface area contributed by atoms with Gasteiger partial charge < -0.3 is 15.4 Å². The summed E-state index contributed by atoms with van der Waals surface area (Å²) < 4.78 is 14.1. The summed E-state index contributed by atoms with van der Waals surface area (Å²) in [5.74, 6) is -0.268. The lowest BCUT2D eigenvalue weighted by molar-refractivity contribution is -0.109. The Morgan fingerprint density at radius 3 is 2.68 bits per heavy atom. The van der Waals surface area contributed by atoms with E-state index >= 15 is 0 Å². The quantitative estimate of drug-likeness (QED) is 0.813. The maximum Gasteiger partial charge on any atom is 0.319 e. The average Bonchev–Trinajstić information content (AvgIpc) is 2.31. The number of halogens is 2. The second-order valence-corrected chi connectivity index (χ2v) is 5.51. The molecule has 0 bridgehead atoms. The molecule has 0 saturated heterocycles. The van der Waals surface area contributed by atoms with Gasteiger partial charge in [-0.25, -0.2) is 9.18 Å². The summed E-state index contributed by atoms with van der Waals surface area (Å²) in [6, 6.07) is 3.14. The first-order valence-corrected chi connectivity index (χ1v) is 6.69. The van der Waals surface area contributed by atoms with Gasteiger partial charge in [-0.15, -0.1) is 0 Å². The largest absolute Gasteiger partial charge is 0.328 e. The fraction of sp³-hybridized carbons (Fsp3) is 0.385. The highest BCUT2D eigenvalue weighted by atomic mass is 79.9. The maximum atomic E-state index is 13.5. The van der Waals surface area contributed by atoms with Crippen molar-refractivity contribution in [3.63, 3.8) is 0 Å². The molecule has 0 unspecified atom stereocenters. The molecule has 0 saturated carbocycles. The lowest BCUT2D eigenvalue weighted by Crippen LogP contribution is -2.39. The number of hydrogen-bond donors (Lipinski definition) is 2. The van der Waals surface area contributed by atoms with Crippen LogP contribution < -0.4 is 10.6 Å². The van der Waals surface area contributed by atoms with E-state index in [-0.39, 0.29) is 11.6 Å². The third kappa shape index (κ3) is 5.38. The molecule has 1 atom stereocenters. The Morgan fingerprint density at radius 1 is 1.47 bits per heavy atom. The smallest absolute Gasteiger partial charge is 0.319 e. The average molecular weight is 331 g/mol. The van der Waals surface area contributed by atoms with Crippen LogP contribution >= 0.6 is 15.9 Å². The van der Waals surface area contributed by atoms with Crippen LogP contribution in [0.15, 0.2) is 22.7 Å². The molecule has 1 aromatic carbocycles. The zero-order chi connectivity index (χ0) is 14.4. The molecule has 0 fully saturated rings. The van der Waals surface area contributed by atoms with Crippen molar-refractivity contribution >= 4 is 33.9 Å². The van der Waals surface area contributed by atoms with Gasteiger partial charge in [-0.2, -0.15) is 0 Å². The summed E-state index contributed by atoms with van der Waals surface area (Å²) >= 11 is 3.13. The fourth-order valence-electron chi connectivity index (χ4n) is 1.57. The highest BCUT2D eigenvalue weighted by Gasteiger charge is 2.14. The van der Waals surface area contributed by atoms with Crippen LogP contribution in [0.25, 0.3) is 0 Å². The second-order valence-electron chi connectivity index (χ2n) is 4.59. The summed E-state index contributed by atoms with van der Waals surface area (Å²) in [7, 11) is 0. The number of carbonyl (C=O) groups excluding carboxylic acids is 2. The summed E-state index contributed by atoms with van der Waals surface area (Å²) in [6.45, 7) is 3.90. The standard InChI is InChI=1S/C13H16BrFN2O2/c1-8(2)5-10(7-18)16-13(19)17-12-4-3-9(14)6-11(12)15/h3-4,6-8,10H,5H2,1-2H3,(H2,16,17,19)/t10-/m0/s1.